The molecule has 0 aliphatic carbocycles. The second-order valence-corrected chi connectivity index (χ2v) is 2.86. The van der Waals surface area contributed by atoms with Crippen molar-refractivity contribution < 1.29 is 19.4 Å². The highest BCUT2D eigenvalue weighted by Gasteiger charge is 2.21. The molecule has 1 heterocycles. The number of ether oxygens (including phenoxy) is 1. The quantitative estimate of drug-likeness (QED) is 0.649. The van der Waals surface area contributed by atoms with Crippen LogP contribution in [0, 0.1) is 0 Å². The predicted octanol–water partition coefficient (Wildman–Crippen LogP) is 0.470. The molecule has 0 spiro atoms. The molecule has 5 nitrogen and oxygen atoms in total. The molecule has 0 radical (unpaired) electrons. The number of amides is 1. The lowest BCUT2D eigenvalue weighted by Gasteiger charge is -2.11. The maximum Gasteiger partial charge on any atom is 0.410 e. The fourth-order valence-electron chi connectivity index (χ4n) is 1.13. The summed E-state index contributed by atoms with van der Waals surface area (Å²) in [7, 11) is 0. The Hall–Kier alpha value is -1.52. The Morgan fingerprint density at radius 2 is 2.46 bits per heavy atom. The van der Waals surface area contributed by atoms with Crippen LogP contribution in [0.1, 0.15) is 6.92 Å². The van der Waals surface area contributed by atoms with Gasteiger partial charge in [0, 0.05) is 12.6 Å². The van der Waals surface area contributed by atoms with Gasteiger partial charge in [0.15, 0.2) is 0 Å². The Balaban J connectivity index is 2.48. The van der Waals surface area contributed by atoms with Crippen LogP contribution in [0.5, 0.6) is 0 Å². The molecule has 1 fully saturated rings. The number of cyclic esters (lactones) is 1. The lowest BCUT2D eigenvalue weighted by Crippen LogP contribution is -2.26. The molecule has 0 atom stereocenters. The Morgan fingerprint density at radius 3 is 2.92 bits per heavy atom. The second kappa shape index (κ2) is 3.93. The van der Waals surface area contributed by atoms with Crippen molar-refractivity contribution in [2.24, 2.45) is 0 Å². The molecule has 0 saturated carbocycles. The topological polar surface area (TPSA) is 66.8 Å². The number of hydrogen-bond acceptors (Lipinski definition) is 3. The SMILES string of the molecule is CC(=CC(=O)O)CN1CCOC1=O. The third-order valence-corrected chi connectivity index (χ3v) is 1.66. The van der Waals surface area contributed by atoms with Crippen LogP contribution in [0.4, 0.5) is 4.79 Å². The summed E-state index contributed by atoms with van der Waals surface area (Å²) in [6, 6.07) is 0. The van der Waals surface area contributed by atoms with Crippen molar-refractivity contribution in [2.75, 3.05) is 19.7 Å². The van der Waals surface area contributed by atoms with E-state index in [9.17, 15) is 9.59 Å². The summed E-state index contributed by atoms with van der Waals surface area (Å²) in [5.74, 6) is -0.995. The smallest absolute Gasteiger partial charge is 0.410 e. The lowest BCUT2D eigenvalue weighted by molar-refractivity contribution is -0.131. The number of hydrogen-bond donors (Lipinski definition) is 1. The van der Waals surface area contributed by atoms with Crippen molar-refractivity contribution in [3.8, 4) is 0 Å². The van der Waals surface area contributed by atoms with Crippen molar-refractivity contribution >= 4 is 12.1 Å². The molecule has 1 saturated heterocycles. The zero-order chi connectivity index (χ0) is 9.84. The minimum absolute atomic E-state index is 0.325. The van der Waals surface area contributed by atoms with E-state index in [4.69, 9.17) is 5.11 Å². The van der Waals surface area contributed by atoms with E-state index in [2.05, 4.69) is 4.74 Å². The first-order valence-electron chi connectivity index (χ1n) is 3.91. The summed E-state index contributed by atoms with van der Waals surface area (Å²) in [5, 5.41) is 8.41. The maximum atomic E-state index is 10.9. The van der Waals surface area contributed by atoms with Gasteiger partial charge in [-0.1, -0.05) is 0 Å². The Kier molecular flexibility index (Phi) is 2.89. The highest BCUT2D eigenvalue weighted by atomic mass is 16.6. The maximum absolute atomic E-state index is 10.9. The first kappa shape index (κ1) is 9.57. The monoisotopic (exact) mass is 185 g/mol. The van der Waals surface area contributed by atoms with Crippen LogP contribution in [0.15, 0.2) is 11.6 Å². The van der Waals surface area contributed by atoms with E-state index in [0.717, 1.165) is 6.08 Å². The molecular formula is C8H11NO4. The van der Waals surface area contributed by atoms with Gasteiger partial charge in [-0.15, -0.1) is 0 Å². The normalized spacial score (nSPS) is 17.5. The number of carboxylic acids is 1. The van der Waals surface area contributed by atoms with Crippen LogP contribution in [-0.2, 0) is 9.53 Å². The van der Waals surface area contributed by atoms with Gasteiger partial charge in [0.25, 0.3) is 0 Å². The third kappa shape index (κ3) is 2.77. The van der Waals surface area contributed by atoms with Crippen LogP contribution in [0.2, 0.25) is 0 Å². The molecule has 1 amide bonds. The molecule has 1 N–H and O–H groups in total. The standard InChI is InChI=1S/C8H11NO4/c1-6(4-7(10)11)5-9-2-3-13-8(9)12/h4H,2-3,5H2,1H3,(H,10,11). The van der Waals surface area contributed by atoms with E-state index < -0.39 is 5.97 Å². The predicted molar refractivity (Wildman–Crippen MR) is 44.3 cm³/mol. The Labute approximate surface area is 75.6 Å². The fraction of sp³-hybridized carbons (Fsp3) is 0.500. The first-order valence-corrected chi connectivity index (χ1v) is 3.91. The summed E-state index contributed by atoms with van der Waals surface area (Å²) in [4.78, 5) is 22.6. The summed E-state index contributed by atoms with van der Waals surface area (Å²) in [6.07, 6.45) is 0.712. The highest BCUT2D eigenvalue weighted by Crippen LogP contribution is 2.06. The van der Waals surface area contributed by atoms with Crippen molar-refractivity contribution in [3.63, 3.8) is 0 Å². The average molecular weight is 185 g/mol. The first-order chi connectivity index (χ1) is 6.09. The van der Waals surface area contributed by atoms with Crippen molar-refractivity contribution in [1.82, 2.24) is 4.90 Å². The fourth-order valence-corrected chi connectivity index (χ4v) is 1.13. The van der Waals surface area contributed by atoms with Gasteiger partial charge in [-0.05, 0) is 12.5 Å². The van der Waals surface area contributed by atoms with E-state index in [0.29, 0.717) is 25.3 Å². The number of aliphatic carboxylic acids is 1. The molecule has 13 heavy (non-hydrogen) atoms. The van der Waals surface area contributed by atoms with Crippen molar-refractivity contribution in [2.45, 2.75) is 6.92 Å². The summed E-state index contributed by atoms with van der Waals surface area (Å²) in [5.41, 5.74) is 0.631. The number of carbonyl (C=O) groups excluding carboxylic acids is 1. The minimum atomic E-state index is -0.995. The van der Waals surface area contributed by atoms with Gasteiger partial charge in [-0.2, -0.15) is 0 Å². The van der Waals surface area contributed by atoms with E-state index >= 15 is 0 Å². The van der Waals surface area contributed by atoms with Gasteiger partial charge in [0.05, 0.1) is 6.54 Å². The van der Waals surface area contributed by atoms with Gasteiger partial charge in [-0.25, -0.2) is 9.59 Å². The highest BCUT2D eigenvalue weighted by molar-refractivity contribution is 5.80. The van der Waals surface area contributed by atoms with Crippen molar-refractivity contribution in [1.29, 1.82) is 0 Å². The Bertz CT molecular complexity index is 259. The van der Waals surface area contributed by atoms with Crippen LogP contribution < -0.4 is 0 Å². The van der Waals surface area contributed by atoms with E-state index in [-0.39, 0.29) is 6.09 Å². The summed E-state index contributed by atoms with van der Waals surface area (Å²) < 4.78 is 4.68. The van der Waals surface area contributed by atoms with Crippen LogP contribution in [0.25, 0.3) is 0 Å². The van der Waals surface area contributed by atoms with Crippen LogP contribution in [0.3, 0.4) is 0 Å². The summed E-state index contributed by atoms with van der Waals surface area (Å²) in [6.45, 7) is 2.91. The van der Waals surface area contributed by atoms with Gasteiger partial charge in [-0.3, -0.25) is 0 Å². The average Bonchev–Trinajstić information content (AvgIpc) is 2.34. The molecule has 1 aliphatic rings. The molecule has 0 aromatic heterocycles. The number of carbonyl (C=O) groups is 2. The van der Waals surface area contributed by atoms with E-state index in [1.165, 1.54) is 4.90 Å². The molecule has 0 unspecified atom stereocenters. The van der Waals surface area contributed by atoms with Gasteiger partial charge in [0.1, 0.15) is 6.61 Å². The number of nitrogens with zero attached hydrogens (tertiary/aromatic N) is 1. The zero-order valence-electron chi connectivity index (χ0n) is 7.32. The van der Waals surface area contributed by atoms with Gasteiger partial charge < -0.3 is 14.7 Å². The molecule has 72 valence electrons. The Morgan fingerprint density at radius 1 is 1.77 bits per heavy atom. The molecule has 0 aromatic rings. The molecular weight excluding hydrogens is 174 g/mol. The molecule has 5 heteroatoms. The van der Waals surface area contributed by atoms with Gasteiger partial charge >= 0.3 is 12.1 Å². The zero-order valence-corrected chi connectivity index (χ0v) is 7.32. The molecule has 1 aliphatic heterocycles. The summed E-state index contributed by atoms with van der Waals surface area (Å²) >= 11 is 0. The van der Waals surface area contributed by atoms with Crippen LogP contribution >= 0.6 is 0 Å². The minimum Gasteiger partial charge on any atom is -0.478 e. The molecule has 1 rings (SSSR count). The largest absolute Gasteiger partial charge is 0.478 e. The van der Waals surface area contributed by atoms with Gasteiger partial charge in [0.2, 0.25) is 0 Å². The molecule has 0 aromatic carbocycles. The van der Waals surface area contributed by atoms with E-state index in [1.807, 2.05) is 0 Å². The van der Waals surface area contributed by atoms with E-state index in [1.54, 1.807) is 6.92 Å². The third-order valence-electron chi connectivity index (χ3n) is 1.66. The second-order valence-electron chi connectivity index (χ2n) is 2.86. The molecule has 0 bridgehead atoms. The number of rotatable bonds is 3. The number of carboxylic acid groups (broad SMARTS) is 1. The lowest BCUT2D eigenvalue weighted by atomic mass is 10.2. The van der Waals surface area contributed by atoms with Crippen molar-refractivity contribution in [3.05, 3.63) is 11.6 Å². The van der Waals surface area contributed by atoms with Crippen LogP contribution in [-0.4, -0.2) is 41.8 Å².